The zero-order chi connectivity index (χ0) is 11.7. The highest BCUT2D eigenvalue weighted by molar-refractivity contribution is 5.83. The van der Waals surface area contributed by atoms with Gasteiger partial charge in [-0.15, -0.1) is 0 Å². The van der Waals surface area contributed by atoms with Crippen molar-refractivity contribution in [3.8, 4) is 0 Å². The number of fused-ring (bicyclic) bond motifs is 1. The van der Waals surface area contributed by atoms with Gasteiger partial charge in [0.1, 0.15) is 0 Å². The lowest BCUT2D eigenvalue weighted by Gasteiger charge is -2.19. The van der Waals surface area contributed by atoms with Gasteiger partial charge in [-0.05, 0) is 24.5 Å². The fraction of sp³-hybridized carbons (Fsp3) is 0.462. The summed E-state index contributed by atoms with van der Waals surface area (Å²) in [6.45, 7) is 2.83. The molecule has 0 aliphatic carbocycles. The molecule has 0 aromatic heterocycles. The predicted octanol–water partition coefficient (Wildman–Crippen LogP) is 1.70. The molecule has 0 saturated carbocycles. The Labute approximate surface area is 96.0 Å². The van der Waals surface area contributed by atoms with Crippen molar-refractivity contribution in [2.45, 2.75) is 19.4 Å². The molecule has 0 spiro atoms. The van der Waals surface area contributed by atoms with E-state index in [9.17, 15) is 4.79 Å². The van der Waals surface area contributed by atoms with Crippen LogP contribution < -0.4 is 0 Å². The van der Waals surface area contributed by atoms with Crippen LogP contribution in [0.1, 0.15) is 22.8 Å². The van der Waals surface area contributed by atoms with Crippen LogP contribution in [0.5, 0.6) is 0 Å². The van der Waals surface area contributed by atoms with Gasteiger partial charge in [0.05, 0.1) is 0 Å². The van der Waals surface area contributed by atoms with E-state index in [4.69, 9.17) is 4.74 Å². The summed E-state index contributed by atoms with van der Waals surface area (Å²) >= 11 is 0. The molecule has 1 aromatic carbocycles. The van der Waals surface area contributed by atoms with Crippen LogP contribution in [0.3, 0.4) is 0 Å². The quantitative estimate of drug-likeness (QED) is 0.719. The lowest BCUT2D eigenvalue weighted by atomic mass is 9.99. The Balaban J connectivity index is 2.48. The molecule has 0 radical (unpaired) electrons. The molecule has 0 fully saturated rings. The first-order valence-corrected chi connectivity index (χ1v) is 5.50. The van der Waals surface area contributed by atoms with Crippen LogP contribution in [-0.2, 0) is 16.0 Å². The fourth-order valence-electron chi connectivity index (χ4n) is 2.17. The first-order chi connectivity index (χ1) is 7.63. The number of amides is 1. The average molecular weight is 219 g/mol. The van der Waals surface area contributed by atoms with E-state index < -0.39 is 6.10 Å². The summed E-state index contributed by atoms with van der Waals surface area (Å²) in [7, 11) is 3.42. The first kappa shape index (κ1) is 11.1. The number of nitrogens with zero attached hydrogens (tertiary/aromatic N) is 1. The summed E-state index contributed by atoms with van der Waals surface area (Å²) in [5.74, 6) is 0.0464. The molecule has 1 unspecified atom stereocenters. The molecule has 1 aromatic rings. The lowest BCUT2D eigenvalue weighted by molar-refractivity contribution is -0.140. The number of rotatable bonds is 1. The second-order valence-corrected chi connectivity index (χ2v) is 4.33. The van der Waals surface area contributed by atoms with Crippen molar-refractivity contribution in [2.24, 2.45) is 0 Å². The monoisotopic (exact) mass is 219 g/mol. The number of carbonyl (C=O) groups is 1. The Bertz CT molecular complexity index is 414. The van der Waals surface area contributed by atoms with Gasteiger partial charge in [0.25, 0.3) is 5.91 Å². The van der Waals surface area contributed by atoms with E-state index in [0.717, 1.165) is 18.5 Å². The van der Waals surface area contributed by atoms with Crippen LogP contribution in [-0.4, -0.2) is 31.5 Å². The highest BCUT2D eigenvalue weighted by atomic mass is 16.5. The molecule has 1 heterocycles. The Morgan fingerprint density at radius 1 is 1.44 bits per heavy atom. The van der Waals surface area contributed by atoms with Crippen molar-refractivity contribution in [3.63, 3.8) is 0 Å². The zero-order valence-corrected chi connectivity index (χ0v) is 9.99. The van der Waals surface area contributed by atoms with Crippen LogP contribution in [0.4, 0.5) is 0 Å². The SMILES string of the molecule is COC1C(=O)N(C)CCc2cc(C)ccc21. The molecule has 0 N–H and O–H groups in total. The van der Waals surface area contributed by atoms with Crippen molar-refractivity contribution >= 4 is 5.91 Å². The number of hydrogen-bond donors (Lipinski definition) is 0. The van der Waals surface area contributed by atoms with Gasteiger partial charge >= 0.3 is 0 Å². The molecule has 16 heavy (non-hydrogen) atoms. The summed E-state index contributed by atoms with van der Waals surface area (Å²) < 4.78 is 5.33. The van der Waals surface area contributed by atoms with Crippen molar-refractivity contribution in [1.82, 2.24) is 4.90 Å². The van der Waals surface area contributed by atoms with Crippen molar-refractivity contribution in [3.05, 3.63) is 34.9 Å². The molecular weight excluding hydrogens is 202 g/mol. The van der Waals surface area contributed by atoms with Gasteiger partial charge in [-0.2, -0.15) is 0 Å². The van der Waals surface area contributed by atoms with Gasteiger partial charge in [0, 0.05) is 20.7 Å². The molecule has 0 bridgehead atoms. The number of likely N-dealkylation sites (N-methyl/N-ethyl adjacent to an activating group) is 1. The Morgan fingerprint density at radius 3 is 2.88 bits per heavy atom. The molecule has 0 saturated heterocycles. The van der Waals surface area contributed by atoms with Crippen LogP contribution in [0.15, 0.2) is 18.2 Å². The third-order valence-corrected chi connectivity index (χ3v) is 3.13. The molecule has 2 rings (SSSR count). The molecule has 1 aliphatic rings. The minimum Gasteiger partial charge on any atom is -0.367 e. The molecule has 1 atom stereocenters. The highest BCUT2D eigenvalue weighted by Gasteiger charge is 2.28. The Hall–Kier alpha value is -1.35. The van der Waals surface area contributed by atoms with Gasteiger partial charge in [-0.3, -0.25) is 4.79 Å². The normalized spacial score (nSPS) is 20.6. The summed E-state index contributed by atoms with van der Waals surface area (Å²) in [6.07, 6.45) is 0.460. The number of methoxy groups -OCH3 is 1. The van der Waals surface area contributed by atoms with Crippen LogP contribution in [0.25, 0.3) is 0 Å². The van der Waals surface area contributed by atoms with E-state index >= 15 is 0 Å². The maximum absolute atomic E-state index is 12.0. The summed E-state index contributed by atoms with van der Waals surface area (Å²) in [4.78, 5) is 13.8. The van der Waals surface area contributed by atoms with Crippen molar-refractivity contribution < 1.29 is 9.53 Å². The molecule has 1 aliphatic heterocycles. The summed E-state index contributed by atoms with van der Waals surface area (Å²) in [5.41, 5.74) is 3.47. The summed E-state index contributed by atoms with van der Waals surface area (Å²) in [6, 6.07) is 6.19. The van der Waals surface area contributed by atoms with Crippen LogP contribution in [0.2, 0.25) is 0 Å². The lowest BCUT2D eigenvalue weighted by Crippen LogP contribution is -2.31. The van der Waals surface area contributed by atoms with Crippen molar-refractivity contribution in [1.29, 1.82) is 0 Å². The zero-order valence-electron chi connectivity index (χ0n) is 9.99. The largest absolute Gasteiger partial charge is 0.367 e. The fourth-order valence-corrected chi connectivity index (χ4v) is 2.17. The number of hydrogen-bond acceptors (Lipinski definition) is 2. The maximum atomic E-state index is 12.0. The second-order valence-electron chi connectivity index (χ2n) is 4.33. The molecule has 1 amide bonds. The second kappa shape index (κ2) is 4.26. The van der Waals surface area contributed by atoms with E-state index in [1.54, 1.807) is 12.0 Å². The van der Waals surface area contributed by atoms with E-state index in [2.05, 4.69) is 13.0 Å². The van der Waals surface area contributed by atoms with E-state index in [1.807, 2.05) is 19.2 Å². The van der Waals surface area contributed by atoms with Gasteiger partial charge in [-0.25, -0.2) is 0 Å². The molecule has 3 nitrogen and oxygen atoms in total. The van der Waals surface area contributed by atoms with E-state index in [-0.39, 0.29) is 5.91 Å². The van der Waals surface area contributed by atoms with Gasteiger partial charge in [0.15, 0.2) is 6.10 Å². The van der Waals surface area contributed by atoms with Gasteiger partial charge in [-0.1, -0.05) is 23.8 Å². The topological polar surface area (TPSA) is 29.5 Å². The van der Waals surface area contributed by atoms with E-state index in [0.29, 0.717) is 0 Å². The summed E-state index contributed by atoms with van der Waals surface area (Å²) in [5, 5.41) is 0. The minimum absolute atomic E-state index is 0.0464. The number of aryl methyl sites for hydroxylation is 1. The van der Waals surface area contributed by atoms with Crippen LogP contribution >= 0.6 is 0 Å². The van der Waals surface area contributed by atoms with Crippen LogP contribution in [0, 0.1) is 6.92 Å². The number of carbonyl (C=O) groups excluding carboxylic acids is 1. The number of benzene rings is 1. The average Bonchev–Trinajstić information content (AvgIpc) is 2.38. The predicted molar refractivity (Wildman–Crippen MR) is 62.3 cm³/mol. The van der Waals surface area contributed by atoms with Gasteiger partial charge < -0.3 is 9.64 Å². The standard InChI is InChI=1S/C13H17NO2/c1-9-4-5-11-10(8-9)6-7-14(2)13(15)12(11)16-3/h4-5,8,12H,6-7H2,1-3H3. The maximum Gasteiger partial charge on any atom is 0.256 e. The Morgan fingerprint density at radius 2 is 2.19 bits per heavy atom. The smallest absolute Gasteiger partial charge is 0.256 e. The third kappa shape index (κ3) is 1.83. The molecule has 3 heteroatoms. The minimum atomic E-state index is -0.442. The van der Waals surface area contributed by atoms with Crippen molar-refractivity contribution in [2.75, 3.05) is 20.7 Å². The Kier molecular flexibility index (Phi) is 2.97. The molecule has 86 valence electrons. The first-order valence-electron chi connectivity index (χ1n) is 5.50. The van der Waals surface area contributed by atoms with E-state index in [1.165, 1.54) is 11.1 Å². The number of ether oxygens (including phenoxy) is 1. The molecular formula is C13H17NO2. The highest BCUT2D eigenvalue weighted by Crippen LogP contribution is 2.27. The third-order valence-electron chi connectivity index (χ3n) is 3.13. The van der Waals surface area contributed by atoms with Gasteiger partial charge in [0.2, 0.25) is 0 Å².